The van der Waals surface area contributed by atoms with Gasteiger partial charge in [-0.25, -0.2) is 0 Å². The lowest BCUT2D eigenvalue weighted by Crippen LogP contribution is -2.77. The molecule has 0 atom stereocenters. The Bertz CT molecular complexity index is 3260. The highest BCUT2D eigenvalue weighted by Crippen LogP contribution is 2.45. The third-order valence-electron chi connectivity index (χ3n) is 14.2. The van der Waals surface area contributed by atoms with Gasteiger partial charge in [0.25, 0.3) is 0 Å². The Labute approximate surface area is 398 Å². The molecule has 0 bridgehead atoms. The molecule has 66 heavy (non-hydrogen) atoms. The molecule has 0 fully saturated rings. The first-order valence-electron chi connectivity index (χ1n) is 22.8. The van der Waals surface area contributed by atoms with Crippen molar-refractivity contribution in [2.75, 3.05) is 4.90 Å². The molecule has 1 nitrogen and oxygen atoms in total. The SMILES string of the molecule is c1ccc([Si](c2ccccc2)(c2ccccc2)c2ccc3c(c2)Sc2cc(N4c5ccccc5[Si](c5ccccc5)(c5ccccc5)c5ccccc54)cc4c2B3c2ccccc2S4)cc1. The Balaban J connectivity index is 1.04. The Morgan fingerprint density at radius 2 is 0.773 bits per heavy atom. The second-order valence-electron chi connectivity index (χ2n) is 17.5. The molecule has 0 spiro atoms. The zero-order chi connectivity index (χ0) is 43.7. The number of anilines is 3. The van der Waals surface area contributed by atoms with Gasteiger partial charge in [0.2, 0.25) is 6.71 Å². The van der Waals surface area contributed by atoms with E-state index in [2.05, 4.69) is 260 Å². The van der Waals surface area contributed by atoms with E-state index >= 15 is 0 Å². The standard InChI is InChI=1S/C60H42BNS2Si2/c1-6-22-44(23-7-1)65(45-24-8-2-9-25-45,46-26-10-3-11-27-46)49-38-39-51-55(42-49)64-57-41-43(40-56-60(57)61(51)50-32-16-19-35-54(50)63-56)62-52-33-17-20-36-58(52)66(47-28-12-4-13-29-47,48-30-14-5-15-31-48)59-37-21-18-34-53(59)62/h1-42H. The first-order chi connectivity index (χ1) is 32.7. The summed E-state index contributed by atoms with van der Waals surface area (Å²) in [4.78, 5) is 7.93. The average molecular weight is 908 g/mol. The summed E-state index contributed by atoms with van der Waals surface area (Å²) in [6.07, 6.45) is 0. The maximum absolute atomic E-state index is 2.76. The molecule has 3 aliphatic rings. The molecule has 13 rings (SSSR count). The summed E-state index contributed by atoms with van der Waals surface area (Å²) in [6, 6.07) is 96.8. The second kappa shape index (κ2) is 16.0. The summed E-state index contributed by atoms with van der Waals surface area (Å²) in [6.45, 7) is 0.130. The van der Waals surface area contributed by atoms with Gasteiger partial charge in [0.15, 0.2) is 16.1 Å². The first-order valence-corrected chi connectivity index (χ1v) is 28.4. The number of hydrogen-bond donors (Lipinski definition) is 0. The van der Waals surface area contributed by atoms with Crippen LogP contribution in [0.4, 0.5) is 17.1 Å². The minimum Gasteiger partial charge on any atom is -0.311 e. The monoisotopic (exact) mass is 907 g/mol. The fourth-order valence-corrected chi connectivity index (χ4v) is 24.0. The van der Waals surface area contributed by atoms with Crippen LogP contribution in [0.25, 0.3) is 0 Å². The second-order valence-corrected chi connectivity index (χ2v) is 27.2. The van der Waals surface area contributed by atoms with E-state index in [-0.39, 0.29) is 6.71 Å². The minimum absolute atomic E-state index is 0.130. The van der Waals surface area contributed by atoms with Crippen LogP contribution in [0, 0.1) is 0 Å². The molecule has 0 amide bonds. The quantitative estimate of drug-likeness (QED) is 0.120. The van der Waals surface area contributed by atoms with Crippen LogP contribution in [0.5, 0.6) is 0 Å². The van der Waals surface area contributed by atoms with Crippen LogP contribution in [0.15, 0.2) is 274 Å². The molecular formula is C60H42BNS2Si2. The molecule has 310 valence electrons. The van der Waals surface area contributed by atoms with Crippen LogP contribution in [0.2, 0.25) is 0 Å². The van der Waals surface area contributed by atoms with Gasteiger partial charge in [-0.15, -0.1) is 0 Å². The number of nitrogens with zero attached hydrogens (tertiary/aromatic N) is 1. The molecule has 3 aliphatic heterocycles. The van der Waals surface area contributed by atoms with Crippen molar-refractivity contribution in [3.05, 3.63) is 255 Å². The molecule has 0 N–H and O–H groups in total. The maximum Gasteiger partial charge on any atom is 0.247 e. The molecule has 10 aromatic rings. The summed E-state index contributed by atoms with van der Waals surface area (Å²) in [7, 11) is -5.51. The van der Waals surface area contributed by atoms with E-state index in [9.17, 15) is 0 Å². The molecule has 0 saturated carbocycles. The summed E-state index contributed by atoms with van der Waals surface area (Å²) in [5, 5.41) is 11.2. The van der Waals surface area contributed by atoms with E-state index in [1.165, 1.54) is 94.5 Å². The molecule has 6 heteroatoms. The predicted molar refractivity (Wildman–Crippen MR) is 288 cm³/mol. The van der Waals surface area contributed by atoms with E-state index in [0.717, 1.165) is 0 Å². The lowest BCUT2D eigenvalue weighted by molar-refractivity contribution is 1.24. The molecule has 0 radical (unpaired) electrons. The van der Waals surface area contributed by atoms with E-state index in [1.54, 1.807) is 0 Å². The molecular weight excluding hydrogens is 866 g/mol. The van der Waals surface area contributed by atoms with Gasteiger partial charge in [-0.1, -0.05) is 253 Å². The van der Waals surface area contributed by atoms with Gasteiger partial charge in [-0.05, 0) is 83.4 Å². The Morgan fingerprint density at radius 3 is 1.30 bits per heavy atom. The number of para-hydroxylation sites is 2. The summed E-state index contributed by atoms with van der Waals surface area (Å²) < 4.78 is 0. The number of rotatable bonds is 7. The van der Waals surface area contributed by atoms with Crippen LogP contribution in [0.3, 0.4) is 0 Å². The number of hydrogen-bond acceptors (Lipinski definition) is 3. The third kappa shape index (κ3) is 5.89. The smallest absolute Gasteiger partial charge is 0.247 e. The lowest BCUT2D eigenvalue weighted by atomic mass is 9.36. The minimum atomic E-state index is -2.76. The van der Waals surface area contributed by atoms with Crippen molar-refractivity contribution >= 4 is 121 Å². The van der Waals surface area contributed by atoms with Crippen molar-refractivity contribution in [1.29, 1.82) is 0 Å². The van der Waals surface area contributed by atoms with Crippen molar-refractivity contribution in [2.24, 2.45) is 0 Å². The molecule has 3 heterocycles. The summed E-state index contributed by atoms with van der Waals surface area (Å²) >= 11 is 3.90. The van der Waals surface area contributed by atoms with E-state index in [0.29, 0.717) is 0 Å². The Morgan fingerprint density at radius 1 is 0.348 bits per heavy atom. The van der Waals surface area contributed by atoms with Gasteiger partial charge < -0.3 is 4.90 Å². The Hall–Kier alpha value is -6.80. The van der Waals surface area contributed by atoms with Gasteiger partial charge in [-0.3, -0.25) is 0 Å². The van der Waals surface area contributed by atoms with Crippen LogP contribution < -0.4 is 62.8 Å². The largest absolute Gasteiger partial charge is 0.311 e. The summed E-state index contributed by atoms with van der Waals surface area (Å²) in [5.74, 6) is 0. The zero-order valence-corrected chi connectivity index (χ0v) is 39.7. The highest BCUT2D eigenvalue weighted by molar-refractivity contribution is 8.01. The van der Waals surface area contributed by atoms with Gasteiger partial charge in [0, 0.05) is 36.6 Å². The van der Waals surface area contributed by atoms with Gasteiger partial charge in [0.1, 0.15) is 0 Å². The molecule has 0 unspecified atom stereocenters. The molecule has 10 aromatic carbocycles. The van der Waals surface area contributed by atoms with Crippen LogP contribution in [-0.2, 0) is 0 Å². The van der Waals surface area contributed by atoms with E-state index in [1.807, 2.05) is 23.5 Å². The number of fused-ring (bicyclic) bond motifs is 6. The molecule has 0 aromatic heterocycles. The zero-order valence-electron chi connectivity index (χ0n) is 36.1. The van der Waals surface area contributed by atoms with Crippen molar-refractivity contribution in [1.82, 2.24) is 0 Å². The van der Waals surface area contributed by atoms with E-state index in [4.69, 9.17) is 0 Å². The van der Waals surface area contributed by atoms with Crippen molar-refractivity contribution in [2.45, 2.75) is 19.6 Å². The van der Waals surface area contributed by atoms with Gasteiger partial charge >= 0.3 is 0 Å². The normalized spacial score (nSPS) is 14.0. The molecule has 0 aliphatic carbocycles. The molecule has 0 saturated heterocycles. The van der Waals surface area contributed by atoms with Crippen molar-refractivity contribution < 1.29 is 0 Å². The van der Waals surface area contributed by atoms with Crippen LogP contribution in [0.1, 0.15) is 0 Å². The van der Waals surface area contributed by atoms with Crippen LogP contribution in [-0.4, -0.2) is 22.9 Å². The van der Waals surface area contributed by atoms with Gasteiger partial charge in [0.05, 0.1) is 0 Å². The average Bonchev–Trinajstić information content (AvgIpc) is 3.39. The summed E-state index contributed by atoms with van der Waals surface area (Å²) in [5.41, 5.74) is 7.94. The van der Waals surface area contributed by atoms with Gasteiger partial charge in [-0.2, -0.15) is 0 Å². The fourth-order valence-electron chi connectivity index (χ4n) is 11.5. The fraction of sp³-hybridized carbons (Fsp3) is 0. The highest BCUT2D eigenvalue weighted by atomic mass is 32.2. The first kappa shape index (κ1) is 39.6. The number of benzene rings is 10. The lowest BCUT2D eigenvalue weighted by Gasteiger charge is -2.45. The predicted octanol–water partition coefficient (Wildman–Crippen LogP) is 7.67. The van der Waals surface area contributed by atoms with Crippen molar-refractivity contribution in [3.8, 4) is 0 Å². The van der Waals surface area contributed by atoms with E-state index < -0.39 is 16.1 Å². The third-order valence-corrected chi connectivity index (χ3v) is 26.1. The topological polar surface area (TPSA) is 3.24 Å². The Kier molecular flexibility index (Phi) is 9.57. The van der Waals surface area contributed by atoms with Crippen molar-refractivity contribution in [3.63, 3.8) is 0 Å². The highest BCUT2D eigenvalue weighted by Gasteiger charge is 2.49. The maximum atomic E-state index is 2.59. The van der Waals surface area contributed by atoms with Crippen LogP contribution >= 0.6 is 23.5 Å².